The molecule has 0 aromatic carbocycles. The van der Waals surface area contributed by atoms with E-state index in [1.54, 1.807) is 0 Å². The summed E-state index contributed by atoms with van der Waals surface area (Å²) in [5, 5.41) is 12.2. The van der Waals surface area contributed by atoms with Crippen molar-refractivity contribution in [3.8, 4) is 0 Å². The van der Waals surface area contributed by atoms with Crippen LogP contribution in [-0.2, 0) is 4.79 Å². The van der Waals surface area contributed by atoms with E-state index < -0.39 is 5.97 Å². The fourth-order valence-corrected chi connectivity index (χ4v) is 3.29. The molecule has 2 rings (SSSR count). The number of carbonyl (C=O) groups is 1. The van der Waals surface area contributed by atoms with Gasteiger partial charge in [-0.25, -0.2) is 0 Å². The van der Waals surface area contributed by atoms with Crippen LogP contribution in [0.5, 0.6) is 0 Å². The van der Waals surface area contributed by atoms with Crippen LogP contribution in [0.15, 0.2) is 0 Å². The molecule has 2 saturated heterocycles. The van der Waals surface area contributed by atoms with Crippen LogP contribution in [0, 0.1) is 0 Å². The molecule has 2 atom stereocenters. The van der Waals surface area contributed by atoms with Gasteiger partial charge in [0.1, 0.15) is 0 Å². The molecule has 2 aliphatic heterocycles. The lowest BCUT2D eigenvalue weighted by Crippen LogP contribution is -2.56. The van der Waals surface area contributed by atoms with E-state index in [9.17, 15) is 4.79 Å². The maximum atomic E-state index is 10.9. The van der Waals surface area contributed by atoms with Crippen LogP contribution in [0.4, 0.5) is 0 Å². The van der Waals surface area contributed by atoms with Crippen molar-refractivity contribution in [3.05, 3.63) is 0 Å². The summed E-state index contributed by atoms with van der Waals surface area (Å²) in [5.74, 6) is -0.687. The van der Waals surface area contributed by atoms with E-state index in [1.165, 1.54) is 12.8 Å². The molecule has 0 aromatic rings. The van der Waals surface area contributed by atoms with E-state index in [4.69, 9.17) is 5.11 Å². The normalized spacial score (nSPS) is 40.7. The van der Waals surface area contributed by atoms with Crippen LogP contribution in [0.2, 0.25) is 0 Å². The summed E-state index contributed by atoms with van der Waals surface area (Å²) < 4.78 is 0. The topological polar surface area (TPSA) is 52.6 Å². The number of carboxylic acids is 1. The van der Waals surface area contributed by atoms with Crippen molar-refractivity contribution in [2.75, 3.05) is 14.1 Å². The molecule has 0 spiro atoms. The Morgan fingerprint density at radius 2 is 2.00 bits per heavy atom. The third kappa shape index (κ3) is 1.88. The van der Waals surface area contributed by atoms with Crippen LogP contribution in [0.1, 0.15) is 32.1 Å². The number of fused-ring (bicyclic) bond motifs is 2. The van der Waals surface area contributed by atoms with Crippen LogP contribution in [0.25, 0.3) is 0 Å². The van der Waals surface area contributed by atoms with Gasteiger partial charge in [0.2, 0.25) is 0 Å². The zero-order valence-corrected chi connectivity index (χ0v) is 9.49. The Morgan fingerprint density at radius 3 is 2.40 bits per heavy atom. The van der Waals surface area contributed by atoms with Crippen molar-refractivity contribution in [1.82, 2.24) is 10.2 Å². The van der Waals surface area contributed by atoms with Crippen LogP contribution < -0.4 is 5.32 Å². The zero-order chi connectivity index (χ0) is 11.1. The molecule has 4 nitrogen and oxygen atoms in total. The first-order valence-electron chi connectivity index (χ1n) is 5.69. The maximum Gasteiger partial charge on any atom is 0.305 e. The molecule has 0 radical (unpaired) electrons. The summed E-state index contributed by atoms with van der Waals surface area (Å²) in [6.07, 6.45) is 4.66. The van der Waals surface area contributed by atoms with Gasteiger partial charge in [-0.15, -0.1) is 0 Å². The van der Waals surface area contributed by atoms with Crippen LogP contribution >= 0.6 is 0 Å². The summed E-state index contributed by atoms with van der Waals surface area (Å²) in [4.78, 5) is 13.3. The standard InChI is InChI=1S/C11H20N2O2/c1-12-11(7-10(14)15)5-8-3-4-9(6-11)13(8)2/h8-9,12H,3-7H2,1-2H3,(H,14,15). The second-order valence-corrected chi connectivity index (χ2v) is 5.06. The molecule has 0 amide bonds. The van der Waals surface area contributed by atoms with E-state index in [0.29, 0.717) is 12.1 Å². The third-order valence-electron chi connectivity index (χ3n) is 4.26. The SMILES string of the molecule is CNC1(CC(=O)O)CC2CCC(C1)N2C. The molecule has 0 aliphatic carbocycles. The molecule has 2 unspecified atom stereocenters. The Morgan fingerprint density at radius 1 is 1.47 bits per heavy atom. The summed E-state index contributed by atoms with van der Waals surface area (Å²) in [6, 6.07) is 1.16. The monoisotopic (exact) mass is 212 g/mol. The van der Waals surface area contributed by atoms with Crippen LogP contribution in [-0.4, -0.2) is 47.7 Å². The minimum Gasteiger partial charge on any atom is -0.481 e. The number of nitrogens with zero attached hydrogens (tertiary/aromatic N) is 1. The van der Waals surface area contributed by atoms with Crippen molar-refractivity contribution in [1.29, 1.82) is 0 Å². The van der Waals surface area contributed by atoms with Crippen molar-refractivity contribution >= 4 is 5.97 Å². The molecule has 86 valence electrons. The largest absolute Gasteiger partial charge is 0.481 e. The molecule has 0 aromatic heterocycles. The predicted octanol–water partition coefficient (Wildman–Crippen LogP) is 0.676. The molecular weight excluding hydrogens is 192 g/mol. The fourth-order valence-electron chi connectivity index (χ4n) is 3.29. The summed E-state index contributed by atoms with van der Waals surface area (Å²) in [6.45, 7) is 0. The van der Waals surface area contributed by atoms with Crippen molar-refractivity contribution < 1.29 is 9.90 Å². The average molecular weight is 212 g/mol. The van der Waals surface area contributed by atoms with E-state index in [0.717, 1.165) is 12.8 Å². The number of carboxylic acid groups (broad SMARTS) is 1. The third-order valence-corrected chi connectivity index (χ3v) is 4.26. The predicted molar refractivity (Wildman–Crippen MR) is 57.9 cm³/mol. The highest BCUT2D eigenvalue weighted by molar-refractivity contribution is 5.68. The fraction of sp³-hybridized carbons (Fsp3) is 0.909. The molecule has 4 heteroatoms. The quantitative estimate of drug-likeness (QED) is 0.722. The average Bonchev–Trinajstić information content (AvgIpc) is 2.41. The van der Waals surface area contributed by atoms with Gasteiger partial charge in [-0.2, -0.15) is 0 Å². The highest BCUT2D eigenvalue weighted by Gasteiger charge is 2.46. The van der Waals surface area contributed by atoms with E-state index in [-0.39, 0.29) is 12.0 Å². The molecule has 0 saturated carbocycles. The molecule has 2 fully saturated rings. The molecule has 2 N–H and O–H groups in total. The Kier molecular flexibility index (Phi) is 2.73. The van der Waals surface area contributed by atoms with Gasteiger partial charge in [0, 0.05) is 17.6 Å². The minimum absolute atomic E-state index is 0.163. The Balaban J connectivity index is 2.12. The molecule has 15 heavy (non-hydrogen) atoms. The van der Waals surface area contributed by atoms with E-state index in [1.807, 2.05) is 7.05 Å². The maximum absolute atomic E-state index is 10.9. The first kappa shape index (κ1) is 10.9. The van der Waals surface area contributed by atoms with Gasteiger partial charge in [0.15, 0.2) is 0 Å². The van der Waals surface area contributed by atoms with Gasteiger partial charge in [-0.3, -0.25) is 4.79 Å². The second-order valence-electron chi connectivity index (χ2n) is 5.06. The lowest BCUT2D eigenvalue weighted by molar-refractivity contribution is -0.139. The van der Waals surface area contributed by atoms with E-state index in [2.05, 4.69) is 17.3 Å². The van der Waals surface area contributed by atoms with Crippen molar-refractivity contribution in [2.45, 2.75) is 49.7 Å². The highest BCUT2D eigenvalue weighted by Crippen LogP contribution is 2.41. The number of hydrogen-bond donors (Lipinski definition) is 2. The van der Waals surface area contributed by atoms with Gasteiger partial charge in [0.05, 0.1) is 6.42 Å². The number of rotatable bonds is 3. The Hall–Kier alpha value is -0.610. The van der Waals surface area contributed by atoms with Gasteiger partial charge < -0.3 is 15.3 Å². The Labute approximate surface area is 90.6 Å². The van der Waals surface area contributed by atoms with Crippen molar-refractivity contribution in [2.24, 2.45) is 0 Å². The number of piperidine rings is 1. The van der Waals surface area contributed by atoms with Gasteiger partial charge in [-0.05, 0) is 39.8 Å². The first-order valence-corrected chi connectivity index (χ1v) is 5.69. The molecule has 2 aliphatic rings. The molecule has 2 heterocycles. The first-order chi connectivity index (χ1) is 7.06. The highest BCUT2D eigenvalue weighted by atomic mass is 16.4. The van der Waals surface area contributed by atoms with E-state index >= 15 is 0 Å². The van der Waals surface area contributed by atoms with Crippen molar-refractivity contribution in [3.63, 3.8) is 0 Å². The Bertz CT molecular complexity index is 253. The van der Waals surface area contributed by atoms with Gasteiger partial charge in [-0.1, -0.05) is 0 Å². The smallest absolute Gasteiger partial charge is 0.305 e. The summed E-state index contributed by atoms with van der Waals surface area (Å²) >= 11 is 0. The minimum atomic E-state index is -0.687. The number of nitrogens with one attached hydrogen (secondary N) is 1. The number of hydrogen-bond acceptors (Lipinski definition) is 3. The summed E-state index contributed by atoms with van der Waals surface area (Å²) in [5.41, 5.74) is -0.163. The number of aliphatic carboxylic acids is 1. The zero-order valence-electron chi connectivity index (χ0n) is 9.49. The lowest BCUT2D eigenvalue weighted by Gasteiger charge is -2.44. The second kappa shape index (κ2) is 3.76. The molecular formula is C11H20N2O2. The summed E-state index contributed by atoms with van der Waals surface area (Å²) in [7, 11) is 4.07. The molecule has 2 bridgehead atoms. The van der Waals surface area contributed by atoms with Crippen LogP contribution in [0.3, 0.4) is 0 Å². The van der Waals surface area contributed by atoms with Gasteiger partial charge in [0.25, 0.3) is 0 Å². The lowest BCUT2D eigenvalue weighted by atomic mass is 9.80. The van der Waals surface area contributed by atoms with Gasteiger partial charge >= 0.3 is 5.97 Å².